The lowest BCUT2D eigenvalue weighted by Crippen LogP contribution is -2.21. The molecule has 0 rings (SSSR count). The second kappa shape index (κ2) is 28.5. The van der Waals surface area contributed by atoms with Crippen molar-refractivity contribution in [3.05, 3.63) is 0 Å². The minimum atomic E-state index is -4.27. The van der Waals surface area contributed by atoms with Crippen LogP contribution in [-0.2, 0) is 51.1 Å². The van der Waals surface area contributed by atoms with Crippen LogP contribution in [0.1, 0.15) is 53.9 Å². The molecule has 16 heteroatoms. The van der Waals surface area contributed by atoms with E-state index in [1.54, 1.807) is 0 Å². The molecule has 0 aliphatic carbocycles. The molecule has 3 atom stereocenters. The number of amides is 1. The van der Waals surface area contributed by atoms with Crippen LogP contribution in [-0.4, -0.2) is 89.5 Å². The molecule has 0 fully saturated rings. The summed E-state index contributed by atoms with van der Waals surface area (Å²) in [5.41, 5.74) is 0. The lowest BCUT2D eigenvalue weighted by molar-refractivity contribution is -0.200. The highest BCUT2D eigenvalue weighted by Crippen LogP contribution is 2.48. The summed E-state index contributed by atoms with van der Waals surface area (Å²) in [4.78, 5) is 24.7. The van der Waals surface area contributed by atoms with Crippen LogP contribution < -0.4 is 5.32 Å². The SMILES string of the molecule is CC.CC.COOP(=O)(OC)OCCOCCOCCOP(=O)(O)OCC(CO)CCCCNC(C)=O. The normalized spacial score (nSPS) is 14.7. The third-order valence-corrected chi connectivity index (χ3v) is 6.13. The Balaban J connectivity index is -0.00000274. The molecule has 3 unspecified atom stereocenters. The Morgan fingerprint density at radius 3 is 1.89 bits per heavy atom. The van der Waals surface area contributed by atoms with Crippen LogP contribution in [0.5, 0.6) is 0 Å². The Labute approximate surface area is 221 Å². The number of hydrogen-bond donors (Lipinski definition) is 3. The summed E-state index contributed by atoms with van der Waals surface area (Å²) < 4.78 is 57.5. The molecule has 0 aromatic carbocycles. The molecule has 0 heterocycles. The largest absolute Gasteiger partial charge is 0.501 e. The van der Waals surface area contributed by atoms with Gasteiger partial charge in [0.05, 0.1) is 53.4 Å². The number of aliphatic hydroxyl groups is 1. The van der Waals surface area contributed by atoms with Crippen LogP contribution in [0.4, 0.5) is 0 Å². The van der Waals surface area contributed by atoms with Crippen molar-refractivity contribution in [2.45, 2.75) is 53.9 Å². The number of unbranched alkanes of at least 4 members (excludes halogenated alkanes) is 1. The van der Waals surface area contributed by atoms with Crippen LogP contribution in [0, 0.1) is 5.92 Å². The van der Waals surface area contributed by atoms with Gasteiger partial charge in [-0.05, 0) is 12.8 Å². The van der Waals surface area contributed by atoms with Crippen LogP contribution in [0.2, 0.25) is 0 Å². The van der Waals surface area contributed by atoms with E-state index in [4.69, 9.17) is 23.0 Å². The predicted molar refractivity (Wildman–Crippen MR) is 138 cm³/mol. The third kappa shape index (κ3) is 28.4. The van der Waals surface area contributed by atoms with Gasteiger partial charge in [-0.15, -0.1) is 4.67 Å². The summed E-state index contributed by atoms with van der Waals surface area (Å²) in [6.45, 7) is 9.90. The van der Waals surface area contributed by atoms with Crippen molar-refractivity contribution < 1.29 is 61.1 Å². The van der Waals surface area contributed by atoms with Crippen molar-refractivity contribution in [3.63, 3.8) is 0 Å². The molecular formula is C21H49NO13P2. The molecule has 0 saturated carbocycles. The summed E-state index contributed by atoms with van der Waals surface area (Å²) in [6, 6.07) is 0. The van der Waals surface area contributed by atoms with E-state index in [9.17, 15) is 23.9 Å². The summed E-state index contributed by atoms with van der Waals surface area (Å²) >= 11 is 0. The summed E-state index contributed by atoms with van der Waals surface area (Å²) in [7, 11) is -5.71. The quantitative estimate of drug-likeness (QED) is 0.0688. The Hall–Kier alpha value is -0.470. The van der Waals surface area contributed by atoms with E-state index in [0.29, 0.717) is 13.0 Å². The highest BCUT2D eigenvalue weighted by molar-refractivity contribution is 7.48. The minimum Gasteiger partial charge on any atom is -0.396 e. The number of carbonyl (C=O) groups excluding carboxylic acids is 1. The van der Waals surface area contributed by atoms with Crippen LogP contribution >= 0.6 is 15.6 Å². The number of carbonyl (C=O) groups is 1. The maximum atomic E-state index is 11.9. The lowest BCUT2D eigenvalue weighted by Gasteiger charge is -2.17. The van der Waals surface area contributed by atoms with Gasteiger partial charge >= 0.3 is 15.6 Å². The number of hydrogen-bond acceptors (Lipinski definition) is 12. The molecule has 0 aromatic heterocycles. The molecule has 37 heavy (non-hydrogen) atoms. The van der Waals surface area contributed by atoms with Gasteiger partial charge in [0.15, 0.2) is 0 Å². The van der Waals surface area contributed by atoms with Gasteiger partial charge in [0.25, 0.3) is 0 Å². The van der Waals surface area contributed by atoms with Crippen molar-refractivity contribution in [2.24, 2.45) is 5.92 Å². The fourth-order valence-electron chi connectivity index (χ4n) is 2.22. The highest BCUT2D eigenvalue weighted by atomic mass is 31.2. The Bertz CT molecular complexity index is 599. The van der Waals surface area contributed by atoms with E-state index >= 15 is 0 Å². The average Bonchev–Trinajstić information content (AvgIpc) is 2.89. The van der Waals surface area contributed by atoms with Crippen LogP contribution in [0.25, 0.3) is 0 Å². The molecule has 0 aromatic rings. The molecule has 0 radical (unpaired) electrons. The fourth-order valence-corrected chi connectivity index (χ4v) is 3.69. The maximum Gasteiger partial charge on any atom is 0.501 e. The molecule has 0 spiro atoms. The van der Waals surface area contributed by atoms with Crippen molar-refractivity contribution >= 4 is 21.6 Å². The zero-order valence-corrected chi connectivity index (χ0v) is 25.1. The van der Waals surface area contributed by atoms with E-state index in [1.165, 1.54) is 14.0 Å². The van der Waals surface area contributed by atoms with Gasteiger partial charge in [-0.3, -0.25) is 22.9 Å². The number of rotatable bonds is 23. The molecule has 0 saturated heterocycles. The first-order valence-electron chi connectivity index (χ1n) is 12.3. The highest BCUT2D eigenvalue weighted by Gasteiger charge is 2.26. The van der Waals surface area contributed by atoms with E-state index < -0.39 is 15.6 Å². The molecule has 0 aliphatic heterocycles. The first-order chi connectivity index (χ1) is 17.7. The number of ether oxygens (including phenoxy) is 2. The van der Waals surface area contributed by atoms with E-state index in [0.717, 1.165) is 20.0 Å². The minimum absolute atomic E-state index is 0.0287. The van der Waals surface area contributed by atoms with Crippen molar-refractivity contribution in [2.75, 3.05) is 73.6 Å². The number of phosphoric acid groups is 2. The smallest absolute Gasteiger partial charge is 0.396 e. The second-order valence-corrected chi connectivity index (χ2v) is 9.67. The predicted octanol–water partition coefficient (Wildman–Crippen LogP) is 3.47. The van der Waals surface area contributed by atoms with Gasteiger partial charge in [-0.25, -0.2) is 14.0 Å². The topological polar surface area (TPSA) is 178 Å². The summed E-state index contributed by atoms with van der Waals surface area (Å²) in [5.74, 6) is -0.423. The van der Waals surface area contributed by atoms with Gasteiger partial charge in [-0.1, -0.05) is 34.1 Å². The van der Waals surface area contributed by atoms with Crippen LogP contribution in [0.3, 0.4) is 0 Å². The monoisotopic (exact) mass is 585 g/mol. The standard InChI is InChI=1S/C17H37NO13P2.2C2H6/c1-16(20)18-7-5-4-6-17(14-19)15-30-32(21,22)28-12-10-26-8-9-27-11-13-29-33(23,25-3)31-24-2;2*1-2/h17,19H,4-15H2,1-3H3,(H,18,20)(H,21,22);2*1-2H3. The first-order valence-corrected chi connectivity index (χ1v) is 15.3. The van der Waals surface area contributed by atoms with Crippen molar-refractivity contribution in [1.29, 1.82) is 0 Å². The number of nitrogens with one attached hydrogen (secondary N) is 1. The molecule has 226 valence electrons. The number of aliphatic hydroxyl groups excluding tert-OH is 1. The number of phosphoric ester groups is 2. The lowest BCUT2D eigenvalue weighted by atomic mass is 10.0. The van der Waals surface area contributed by atoms with Gasteiger partial charge in [0, 0.05) is 33.1 Å². The first kappa shape index (κ1) is 41.0. The molecule has 14 nitrogen and oxygen atoms in total. The van der Waals surface area contributed by atoms with Crippen molar-refractivity contribution in [3.8, 4) is 0 Å². The molecule has 0 bridgehead atoms. The maximum absolute atomic E-state index is 11.9. The van der Waals surface area contributed by atoms with Crippen molar-refractivity contribution in [1.82, 2.24) is 5.32 Å². The van der Waals surface area contributed by atoms with Gasteiger partial charge in [0.1, 0.15) is 0 Å². The Kier molecular flexibility index (Phi) is 31.6. The molecule has 1 amide bonds. The third-order valence-electron chi connectivity index (χ3n) is 3.87. The van der Waals surface area contributed by atoms with Gasteiger partial charge in [0.2, 0.25) is 5.91 Å². The van der Waals surface area contributed by atoms with Gasteiger partial charge in [-0.2, -0.15) is 0 Å². The fraction of sp³-hybridized carbons (Fsp3) is 0.952. The second-order valence-electron chi connectivity index (χ2n) is 6.55. The van der Waals surface area contributed by atoms with E-state index in [1.807, 2.05) is 27.7 Å². The molecule has 0 aliphatic rings. The molecular weight excluding hydrogens is 536 g/mol. The zero-order valence-electron chi connectivity index (χ0n) is 23.3. The van der Waals surface area contributed by atoms with Crippen LogP contribution in [0.15, 0.2) is 0 Å². The van der Waals surface area contributed by atoms with Gasteiger partial charge < -0.3 is 24.8 Å². The summed E-state index contributed by atoms with van der Waals surface area (Å²) in [6.07, 6.45) is 2.03. The average molecular weight is 586 g/mol. The molecule has 3 N–H and O–H groups in total. The Morgan fingerprint density at radius 1 is 0.865 bits per heavy atom. The zero-order chi connectivity index (χ0) is 29.0. The van der Waals surface area contributed by atoms with E-state index in [2.05, 4.69) is 19.4 Å². The Morgan fingerprint density at radius 2 is 1.41 bits per heavy atom. The summed E-state index contributed by atoms with van der Waals surface area (Å²) in [5, 5.41) is 12.0. The van der Waals surface area contributed by atoms with E-state index in [-0.39, 0.29) is 64.7 Å².